The third-order valence-electron chi connectivity index (χ3n) is 5.48. The predicted molar refractivity (Wildman–Crippen MR) is 123 cm³/mol. The normalized spacial score (nSPS) is 13.0. The van der Waals surface area contributed by atoms with Crippen LogP contribution in [0.15, 0.2) is 53.9 Å². The largest absolute Gasteiger partial charge is 0.476 e. The number of nitrogens with zero attached hydrogens (tertiary/aromatic N) is 1. The summed E-state index contributed by atoms with van der Waals surface area (Å²) in [5, 5.41) is 16.2. The van der Waals surface area contributed by atoms with Crippen LogP contribution in [0, 0.1) is 0 Å². The Balaban J connectivity index is 1.25. The summed E-state index contributed by atoms with van der Waals surface area (Å²) in [6.07, 6.45) is -0.257. The van der Waals surface area contributed by atoms with Crippen molar-refractivity contribution in [2.24, 2.45) is 0 Å². The van der Waals surface area contributed by atoms with Gasteiger partial charge in [0.25, 0.3) is 0 Å². The van der Waals surface area contributed by atoms with Gasteiger partial charge in [-0.3, -0.25) is 4.79 Å². The number of carboxylic acids is 1. The minimum absolute atomic E-state index is 0.00776. The van der Waals surface area contributed by atoms with E-state index in [0.717, 1.165) is 22.3 Å². The molecule has 170 valence electrons. The topological polar surface area (TPSA) is 118 Å². The van der Waals surface area contributed by atoms with Crippen LogP contribution in [0.2, 0.25) is 0 Å². The zero-order valence-electron chi connectivity index (χ0n) is 17.9. The summed E-state index contributed by atoms with van der Waals surface area (Å²) in [5.41, 5.74) is 4.51. The van der Waals surface area contributed by atoms with Crippen LogP contribution in [-0.2, 0) is 16.0 Å². The molecule has 1 aliphatic rings. The van der Waals surface area contributed by atoms with Gasteiger partial charge in [-0.2, -0.15) is 0 Å². The highest BCUT2D eigenvalue weighted by molar-refractivity contribution is 7.09. The zero-order valence-corrected chi connectivity index (χ0v) is 18.7. The van der Waals surface area contributed by atoms with Gasteiger partial charge in [0.2, 0.25) is 5.91 Å². The lowest BCUT2D eigenvalue weighted by Gasteiger charge is -2.17. The van der Waals surface area contributed by atoms with Crippen molar-refractivity contribution in [1.82, 2.24) is 15.6 Å². The Morgan fingerprint density at radius 3 is 2.33 bits per heavy atom. The van der Waals surface area contributed by atoms with Crippen molar-refractivity contribution in [2.75, 3.05) is 13.2 Å². The Labute approximate surface area is 194 Å². The molecular formula is C24H23N3O5S. The van der Waals surface area contributed by atoms with E-state index in [1.807, 2.05) is 36.4 Å². The van der Waals surface area contributed by atoms with Crippen molar-refractivity contribution >= 4 is 29.3 Å². The van der Waals surface area contributed by atoms with Crippen LogP contribution in [-0.4, -0.2) is 47.3 Å². The molecule has 0 fully saturated rings. The molecule has 0 saturated carbocycles. The minimum atomic E-state index is -1.08. The number of fused-ring (bicyclic) bond motifs is 3. The number of amides is 2. The lowest BCUT2D eigenvalue weighted by molar-refractivity contribution is -0.122. The number of nitrogens with one attached hydrogen (secondary N) is 2. The fourth-order valence-electron chi connectivity index (χ4n) is 3.85. The maximum absolute atomic E-state index is 12.3. The van der Waals surface area contributed by atoms with Crippen LogP contribution < -0.4 is 10.6 Å². The second kappa shape index (κ2) is 9.83. The van der Waals surface area contributed by atoms with Gasteiger partial charge < -0.3 is 20.5 Å². The summed E-state index contributed by atoms with van der Waals surface area (Å²) >= 11 is 1.22. The van der Waals surface area contributed by atoms with Crippen LogP contribution in [0.25, 0.3) is 11.1 Å². The van der Waals surface area contributed by atoms with Crippen molar-refractivity contribution in [1.29, 1.82) is 0 Å². The molecule has 0 aliphatic heterocycles. The van der Waals surface area contributed by atoms with Crippen LogP contribution in [0.1, 0.15) is 39.5 Å². The molecule has 1 aliphatic carbocycles. The highest BCUT2D eigenvalue weighted by Crippen LogP contribution is 2.44. The van der Waals surface area contributed by atoms with Gasteiger partial charge in [-0.1, -0.05) is 48.5 Å². The van der Waals surface area contributed by atoms with Gasteiger partial charge in [-0.25, -0.2) is 14.6 Å². The van der Waals surface area contributed by atoms with Crippen LogP contribution in [0.5, 0.6) is 0 Å². The first kappa shape index (κ1) is 22.5. The zero-order chi connectivity index (χ0) is 23.4. The van der Waals surface area contributed by atoms with E-state index in [1.54, 1.807) is 6.92 Å². The summed E-state index contributed by atoms with van der Waals surface area (Å²) in [4.78, 5) is 39.4. The molecule has 8 nitrogen and oxygen atoms in total. The first-order chi connectivity index (χ1) is 15.9. The van der Waals surface area contributed by atoms with Gasteiger partial charge >= 0.3 is 12.1 Å². The SMILES string of the molecule is C[C@@H](NC(=O)OCC1c2ccccc2-c2ccccc21)C(=O)NCCc1nc(C(=O)O)cs1. The molecule has 0 saturated heterocycles. The van der Waals surface area contributed by atoms with E-state index in [-0.39, 0.29) is 30.7 Å². The molecule has 1 heterocycles. The first-order valence-corrected chi connectivity index (χ1v) is 11.4. The molecule has 9 heteroatoms. The van der Waals surface area contributed by atoms with Gasteiger partial charge in [-0.05, 0) is 29.2 Å². The lowest BCUT2D eigenvalue weighted by atomic mass is 9.98. The smallest absolute Gasteiger partial charge is 0.407 e. The Morgan fingerprint density at radius 1 is 1.09 bits per heavy atom. The standard InChI is InChI=1S/C24H23N3O5S/c1-14(22(28)25-11-10-21-27-20(13-33-21)23(29)30)26-24(31)32-12-19-17-8-4-2-6-15(17)16-7-3-5-9-18(16)19/h2-9,13-14,19H,10-12H2,1H3,(H,25,28)(H,26,31)(H,29,30)/t14-/m1/s1. The fourth-order valence-corrected chi connectivity index (χ4v) is 4.62. The van der Waals surface area contributed by atoms with Crippen LogP contribution in [0.3, 0.4) is 0 Å². The molecule has 3 N–H and O–H groups in total. The van der Waals surface area contributed by atoms with Crippen molar-refractivity contribution in [3.63, 3.8) is 0 Å². The van der Waals surface area contributed by atoms with E-state index in [9.17, 15) is 14.4 Å². The maximum atomic E-state index is 12.3. The first-order valence-electron chi connectivity index (χ1n) is 10.5. The van der Waals surface area contributed by atoms with Crippen molar-refractivity contribution in [2.45, 2.75) is 25.3 Å². The van der Waals surface area contributed by atoms with E-state index < -0.39 is 18.1 Å². The van der Waals surface area contributed by atoms with E-state index >= 15 is 0 Å². The quantitative estimate of drug-likeness (QED) is 0.469. The van der Waals surface area contributed by atoms with Crippen molar-refractivity contribution in [3.05, 3.63) is 75.7 Å². The number of carbonyl (C=O) groups excluding carboxylic acids is 2. The van der Waals surface area contributed by atoms with Crippen molar-refractivity contribution < 1.29 is 24.2 Å². The van der Waals surface area contributed by atoms with Gasteiger partial charge in [0.15, 0.2) is 5.69 Å². The Morgan fingerprint density at radius 2 is 1.73 bits per heavy atom. The third kappa shape index (κ3) is 5.04. The minimum Gasteiger partial charge on any atom is -0.476 e. The number of carbonyl (C=O) groups is 3. The van der Waals surface area contributed by atoms with Gasteiger partial charge in [0, 0.05) is 24.3 Å². The molecule has 0 spiro atoms. The molecule has 1 atom stereocenters. The number of hydrogen-bond acceptors (Lipinski definition) is 6. The number of ether oxygens (including phenoxy) is 1. The molecule has 0 radical (unpaired) electrons. The maximum Gasteiger partial charge on any atom is 0.407 e. The predicted octanol–water partition coefficient (Wildman–Crippen LogP) is 3.43. The summed E-state index contributed by atoms with van der Waals surface area (Å²) in [6.45, 7) is 2.02. The summed E-state index contributed by atoms with van der Waals surface area (Å²) < 4.78 is 5.47. The molecule has 2 aromatic carbocycles. The number of benzene rings is 2. The number of aromatic carboxylic acids is 1. The van der Waals surface area contributed by atoms with E-state index in [2.05, 4.69) is 27.8 Å². The monoisotopic (exact) mass is 465 g/mol. The van der Waals surface area contributed by atoms with Gasteiger partial charge in [-0.15, -0.1) is 11.3 Å². The number of aromatic nitrogens is 1. The van der Waals surface area contributed by atoms with Gasteiger partial charge in [0.1, 0.15) is 12.6 Å². The molecule has 33 heavy (non-hydrogen) atoms. The lowest BCUT2D eigenvalue weighted by Crippen LogP contribution is -2.45. The van der Waals surface area contributed by atoms with Crippen LogP contribution in [0.4, 0.5) is 4.79 Å². The molecule has 3 aromatic rings. The summed E-state index contributed by atoms with van der Waals surface area (Å²) in [7, 11) is 0. The Bertz CT molecular complexity index is 1150. The molecule has 1 aromatic heterocycles. The van der Waals surface area contributed by atoms with Crippen LogP contribution >= 0.6 is 11.3 Å². The highest BCUT2D eigenvalue weighted by Gasteiger charge is 2.29. The Hall–Kier alpha value is -3.72. The van der Waals surface area contributed by atoms with E-state index in [1.165, 1.54) is 16.7 Å². The summed E-state index contributed by atoms with van der Waals surface area (Å²) in [5.74, 6) is -1.50. The molecular weight excluding hydrogens is 442 g/mol. The fraction of sp³-hybridized carbons (Fsp3) is 0.250. The number of carboxylic acid groups (broad SMARTS) is 1. The van der Waals surface area contributed by atoms with E-state index in [0.29, 0.717) is 11.4 Å². The molecule has 0 bridgehead atoms. The average Bonchev–Trinajstić information content (AvgIpc) is 3.41. The Kier molecular flexibility index (Phi) is 6.69. The highest BCUT2D eigenvalue weighted by atomic mass is 32.1. The van der Waals surface area contributed by atoms with Crippen molar-refractivity contribution in [3.8, 4) is 11.1 Å². The van der Waals surface area contributed by atoms with Gasteiger partial charge in [0.05, 0.1) is 5.01 Å². The number of thiazole rings is 1. The number of hydrogen-bond donors (Lipinski definition) is 3. The summed E-state index contributed by atoms with van der Waals surface area (Å²) in [6, 6.07) is 15.3. The average molecular weight is 466 g/mol. The van der Waals surface area contributed by atoms with E-state index in [4.69, 9.17) is 9.84 Å². The third-order valence-corrected chi connectivity index (χ3v) is 6.39. The molecule has 4 rings (SSSR count). The number of alkyl carbamates (subject to hydrolysis) is 1. The second-order valence-corrected chi connectivity index (χ2v) is 8.61. The number of rotatable bonds is 8. The second-order valence-electron chi connectivity index (χ2n) is 7.66. The molecule has 0 unspecified atom stereocenters. The molecule has 2 amide bonds.